The molecule has 40 heavy (non-hydrogen) atoms. The molecule has 0 bridgehead atoms. The van der Waals surface area contributed by atoms with Crippen LogP contribution in [0.15, 0.2) is 52.9 Å². The third-order valence-corrected chi connectivity index (χ3v) is 6.86. The zero-order chi connectivity index (χ0) is 29.1. The van der Waals surface area contributed by atoms with Gasteiger partial charge in [-0.2, -0.15) is 0 Å². The van der Waals surface area contributed by atoms with Crippen LogP contribution in [-0.4, -0.2) is 47.9 Å². The van der Waals surface area contributed by atoms with Crippen molar-refractivity contribution in [1.82, 2.24) is 4.90 Å². The van der Waals surface area contributed by atoms with E-state index in [1.807, 2.05) is 52.0 Å². The van der Waals surface area contributed by atoms with Crippen LogP contribution in [-0.2, 0) is 20.7 Å². The maximum atomic E-state index is 13.5. The van der Waals surface area contributed by atoms with Crippen LogP contribution in [0.25, 0.3) is 11.0 Å². The molecule has 1 heterocycles. The van der Waals surface area contributed by atoms with Crippen molar-refractivity contribution in [2.75, 3.05) is 13.2 Å². The number of fused-ring (bicyclic) bond motifs is 1. The lowest BCUT2D eigenvalue weighted by atomic mass is 9.98. The largest absolute Gasteiger partial charge is 0.494 e. The van der Waals surface area contributed by atoms with Gasteiger partial charge in [0.25, 0.3) is 5.91 Å². The molecule has 3 aromatic rings. The Bertz CT molecular complexity index is 1260. The Morgan fingerprint density at radius 2 is 1.65 bits per heavy atom. The first kappa shape index (κ1) is 30.9. The van der Waals surface area contributed by atoms with E-state index in [0.717, 1.165) is 36.0 Å². The Balaban J connectivity index is 1.59. The van der Waals surface area contributed by atoms with Crippen LogP contribution in [0.1, 0.15) is 94.8 Å². The van der Waals surface area contributed by atoms with E-state index in [0.29, 0.717) is 55.7 Å². The summed E-state index contributed by atoms with van der Waals surface area (Å²) in [5.41, 5.74) is 1.95. The Labute approximate surface area is 237 Å². The van der Waals surface area contributed by atoms with E-state index in [9.17, 15) is 14.4 Å². The van der Waals surface area contributed by atoms with Crippen molar-refractivity contribution in [3.05, 3.63) is 65.4 Å². The van der Waals surface area contributed by atoms with Crippen molar-refractivity contribution in [1.29, 1.82) is 0 Å². The van der Waals surface area contributed by atoms with Crippen LogP contribution in [0.5, 0.6) is 5.75 Å². The van der Waals surface area contributed by atoms with Gasteiger partial charge in [-0.15, -0.1) is 0 Å². The first-order chi connectivity index (χ1) is 19.3. The van der Waals surface area contributed by atoms with Gasteiger partial charge in [-0.25, -0.2) is 0 Å². The fraction of sp³-hybridized carbons (Fsp3) is 0.485. The second kappa shape index (κ2) is 15.2. The van der Waals surface area contributed by atoms with Gasteiger partial charge in [0.15, 0.2) is 11.9 Å². The molecule has 0 aliphatic heterocycles. The molecule has 3 rings (SSSR count). The number of rotatable bonds is 16. The summed E-state index contributed by atoms with van der Waals surface area (Å²) < 4.78 is 17.4. The lowest BCUT2D eigenvalue weighted by Gasteiger charge is -2.30. The molecular weight excluding hydrogens is 506 g/mol. The van der Waals surface area contributed by atoms with Crippen LogP contribution < -0.4 is 4.74 Å². The number of ether oxygens (including phenoxy) is 2. The summed E-state index contributed by atoms with van der Waals surface area (Å²) in [5, 5.41) is 0.841. The summed E-state index contributed by atoms with van der Waals surface area (Å²) in [6.45, 7) is 10.7. The molecule has 0 aliphatic carbocycles. The van der Waals surface area contributed by atoms with Crippen LogP contribution in [0, 0.1) is 0 Å². The van der Waals surface area contributed by atoms with E-state index in [4.69, 9.17) is 13.9 Å². The summed E-state index contributed by atoms with van der Waals surface area (Å²) in [4.78, 5) is 40.2. The molecule has 0 aliphatic rings. The van der Waals surface area contributed by atoms with Crippen molar-refractivity contribution in [2.45, 2.75) is 91.7 Å². The fourth-order valence-corrected chi connectivity index (χ4v) is 4.67. The van der Waals surface area contributed by atoms with E-state index in [1.54, 1.807) is 29.2 Å². The number of esters is 1. The Kier molecular flexibility index (Phi) is 11.8. The highest BCUT2D eigenvalue weighted by molar-refractivity contribution is 6.16. The number of hydrogen-bond donors (Lipinski definition) is 0. The van der Waals surface area contributed by atoms with Gasteiger partial charge >= 0.3 is 5.97 Å². The number of unbranched alkanes of at least 4 members (excludes halogenated alkanes) is 1. The molecule has 7 nitrogen and oxygen atoms in total. The maximum Gasteiger partial charge on any atom is 0.306 e. The van der Waals surface area contributed by atoms with E-state index in [-0.39, 0.29) is 23.7 Å². The van der Waals surface area contributed by atoms with Crippen LogP contribution in [0.3, 0.4) is 0 Å². The third kappa shape index (κ3) is 7.96. The number of benzene rings is 2. The molecule has 1 unspecified atom stereocenters. The summed E-state index contributed by atoms with van der Waals surface area (Å²) in [7, 11) is 0. The van der Waals surface area contributed by atoms with E-state index in [1.165, 1.54) is 0 Å². The van der Waals surface area contributed by atoms with Gasteiger partial charge in [0, 0.05) is 36.4 Å². The number of amides is 1. The van der Waals surface area contributed by atoms with Gasteiger partial charge in [-0.05, 0) is 69.9 Å². The minimum absolute atomic E-state index is 0.0297. The standard InChI is InChI=1S/C33H43NO6/c1-6-9-15-29-31(26-14-10-11-16-28(26)39-29)32(36)24-17-19-25(20-18-24)38-22-12-21-34(23(4)5)33(37)27(8-3)40-30(35)13-7-2/h10-11,14,16-20,23,27H,6-9,12-13,15,21-22H2,1-5H3. The molecule has 1 amide bonds. The number of aryl methyl sites for hydroxylation is 1. The number of nitrogens with zero attached hydrogens (tertiary/aromatic N) is 1. The second-order valence-electron chi connectivity index (χ2n) is 10.3. The van der Waals surface area contributed by atoms with E-state index >= 15 is 0 Å². The van der Waals surface area contributed by atoms with Gasteiger partial charge in [-0.3, -0.25) is 14.4 Å². The van der Waals surface area contributed by atoms with Crippen LogP contribution in [0.4, 0.5) is 0 Å². The number of ketones is 1. The van der Waals surface area contributed by atoms with Crippen LogP contribution >= 0.6 is 0 Å². The molecule has 0 N–H and O–H groups in total. The monoisotopic (exact) mass is 549 g/mol. The zero-order valence-corrected chi connectivity index (χ0v) is 24.5. The average Bonchev–Trinajstić information content (AvgIpc) is 3.32. The first-order valence-corrected chi connectivity index (χ1v) is 14.6. The van der Waals surface area contributed by atoms with Gasteiger partial charge < -0.3 is 18.8 Å². The van der Waals surface area contributed by atoms with Crippen LogP contribution in [0.2, 0.25) is 0 Å². The average molecular weight is 550 g/mol. The Morgan fingerprint density at radius 1 is 0.925 bits per heavy atom. The van der Waals surface area contributed by atoms with Gasteiger partial charge in [-0.1, -0.05) is 45.4 Å². The molecule has 0 fully saturated rings. The highest BCUT2D eigenvalue weighted by Gasteiger charge is 2.27. The zero-order valence-electron chi connectivity index (χ0n) is 24.5. The number of carbonyl (C=O) groups excluding carboxylic acids is 3. The molecule has 2 aromatic carbocycles. The molecule has 216 valence electrons. The summed E-state index contributed by atoms with van der Waals surface area (Å²) in [5.74, 6) is 0.828. The Hall–Kier alpha value is -3.61. The molecule has 0 radical (unpaired) electrons. The molecule has 0 spiro atoms. The van der Waals surface area contributed by atoms with Gasteiger partial charge in [0.05, 0.1) is 12.2 Å². The third-order valence-electron chi connectivity index (χ3n) is 6.86. The molecule has 0 saturated carbocycles. The minimum atomic E-state index is -0.762. The van der Waals surface area contributed by atoms with Gasteiger partial charge in [0.1, 0.15) is 17.1 Å². The van der Waals surface area contributed by atoms with Crippen molar-refractivity contribution in [3.8, 4) is 5.75 Å². The maximum absolute atomic E-state index is 13.5. The summed E-state index contributed by atoms with van der Waals surface area (Å²) >= 11 is 0. The van der Waals surface area contributed by atoms with E-state index in [2.05, 4.69) is 6.92 Å². The quantitative estimate of drug-likeness (QED) is 0.107. The predicted molar refractivity (Wildman–Crippen MR) is 157 cm³/mol. The van der Waals surface area contributed by atoms with Gasteiger partial charge in [0.2, 0.25) is 0 Å². The second-order valence-corrected chi connectivity index (χ2v) is 10.3. The number of carbonyl (C=O) groups is 3. The number of furan rings is 1. The van der Waals surface area contributed by atoms with Crippen molar-refractivity contribution < 1.29 is 28.3 Å². The smallest absolute Gasteiger partial charge is 0.306 e. The number of hydrogen-bond acceptors (Lipinski definition) is 6. The summed E-state index contributed by atoms with van der Waals surface area (Å²) in [6.07, 6.45) is 3.98. The molecule has 1 atom stereocenters. The lowest BCUT2D eigenvalue weighted by molar-refractivity contribution is -0.161. The lowest BCUT2D eigenvalue weighted by Crippen LogP contribution is -2.45. The predicted octanol–water partition coefficient (Wildman–Crippen LogP) is 7.13. The highest BCUT2D eigenvalue weighted by Crippen LogP contribution is 2.30. The Morgan fingerprint density at radius 3 is 2.30 bits per heavy atom. The van der Waals surface area contributed by atoms with Crippen molar-refractivity contribution in [2.24, 2.45) is 0 Å². The summed E-state index contributed by atoms with van der Waals surface area (Å²) in [6, 6.07) is 14.8. The highest BCUT2D eigenvalue weighted by atomic mass is 16.5. The normalized spacial score (nSPS) is 11.9. The molecule has 0 saturated heterocycles. The molecule has 7 heteroatoms. The minimum Gasteiger partial charge on any atom is -0.494 e. The van der Waals surface area contributed by atoms with Crippen molar-refractivity contribution >= 4 is 28.6 Å². The topological polar surface area (TPSA) is 86.1 Å². The first-order valence-electron chi connectivity index (χ1n) is 14.6. The SMILES string of the molecule is CCCCc1oc2ccccc2c1C(=O)c1ccc(OCCCN(C(=O)C(CC)OC(=O)CCC)C(C)C)cc1. The van der Waals surface area contributed by atoms with E-state index < -0.39 is 6.10 Å². The fourth-order valence-electron chi connectivity index (χ4n) is 4.67. The molecular formula is C33H43NO6. The van der Waals surface area contributed by atoms with Crippen molar-refractivity contribution in [3.63, 3.8) is 0 Å². The molecule has 1 aromatic heterocycles. The number of para-hydroxylation sites is 1.